The van der Waals surface area contributed by atoms with Gasteiger partial charge in [0.1, 0.15) is 22.3 Å². The summed E-state index contributed by atoms with van der Waals surface area (Å²) in [5.74, 6) is 0. The molecule has 2 aromatic heterocycles. The fraction of sp³-hybridized carbons (Fsp3) is 0. The second-order valence-electron chi connectivity index (χ2n) is 18.0. The van der Waals surface area contributed by atoms with Gasteiger partial charge in [-0.3, -0.25) is 0 Å². The highest BCUT2D eigenvalue weighted by Crippen LogP contribution is 2.51. The van der Waals surface area contributed by atoms with E-state index in [9.17, 15) is 0 Å². The van der Waals surface area contributed by atoms with Crippen molar-refractivity contribution < 1.29 is 8.83 Å². The Morgan fingerprint density at radius 3 is 1.01 bits per heavy atom. The van der Waals surface area contributed by atoms with E-state index in [1.54, 1.807) is 0 Å². The van der Waals surface area contributed by atoms with Crippen LogP contribution in [-0.2, 0) is 0 Å². The van der Waals surface area contributed by atoms with Crippen molar-refractivity contribution in [1.82, 2.24) is 0 Å². The average Bonchev–Trinajstić information content (AvgIpc) is 4.01. The van der Waals surface area contributed by atoms with Crippen molar-refractivity contribution >= 4 is 110 Å². The van der Waals surface area contributed by atoms with Crippen LogP contribution in [-0.4, -0.2) is 0 Å². The molecule has 0 spiro atoms. The van der Waals surface area contributed by atoms with Gasteiger partial charge in [0, 0.05) is 77.0 Å². The van der Waals surface area contributed by atoms with Crippen LogP contribution in [0.4, 0.5) is 34.1 Å². The van der Waals surface area contributed by atoms with E-state index in [1.807, 2.05) is 24.3 Å². The molecule has 0 aliphatic heterocycles. The number of furan rings is 2. The number of fused-ring (bicyclic) bond motifs is 9. The summed E-state index contributed by atoms with van der Waals surface area (Å²) >= 11 is 0. The molecule has 14 rings (SSSR count). The highest BCUT2D eigenvalue weighted by atomic mass is 16.3. The van der Waals surface area contributed by atoms with E-state index in [0.29, 0.717) is 0 Å². The summed E-state index contributed by atoms with van der Waals surface area (Å²) in [5, 5.41) is 11.4. The molecule has 328 valence electrons. The Hall–Kier alpha value is -9.38. The molecule has 0 bridgehead atoms. The van der Waals surface area contributed by atoms with Gasteiger partial charge in [-0.15, -0.1) is 0 Å². The zero-order valence-electron chi connectivity index (χ0n) is 38.0. The van der Waals surface area contributed by atoms with E-state index < -0.39 is 0 Å². The summed E-state index contributed by atoms with van der Waals surface area (Å²) in [5.41, 5.74) is 14.4. The minimum atomic E-state index is 0.895. The van der Waals surface area contributed by atoms with Crippen molar-refractivity contribution in [3.05, 3.63) is 255 Å². The average molecular weight is 895 g/mol. The SMILES string of the molecule is c1ccc(N(c2ccc(-c3cccc4c3oc3ccccc34)cc2)c2c3ccccc3cc3c(N(c4ccccc4)c4ccc(-c5cccc6c5oc5ccccc56)cc4)c4ccccc4cc23)cc1. The second-order valence-corrected chi connectivity index (χ2v) is 18.0. The maximum Gasteiger partial charge on any atom is 0.143 e. The van der Waals surface area contributed by atoms with Crippen LogP contribution in [0.1, 0.15) is 0 Å². The quantitative estimate of drug-likeness (QED) is 0.142. The lowest BCUT2D eigenvalue weighted by molar-refractivity contribution is 0.669. The van der Waals surface area contributed by atoms with Crippen LogP contribution in [0.25, 0.3) is 98.4 Å². The normalized spacial score (nSPS) is 11.7. The highest BCUT2D eigenvalue weighted by Gasteiger charge is 2.25. The van der Waals surface area contributed by atoms with Gasteiger partial charge in [0.25, 0.3) is 0 Å². The molecule has 70 heavy (non-hydrogen) atoms. The Labute approximate surface area is 404 Å². The Morgan fingerprint density at radius 2 is 0.586 bits per heavy atom. The molecule has 0 fully saturated rings. The molecule has 0 unspecified atom stereocenters. The molecule has 0 N–H and O–H groups in total. The smallest absolute Gasteiger partial charge is 0.143 e. The second kappa shape index (κ2) is 16.2. The van der Waals surface area contributed by atoms with E-state index in [1.165, 1.54) is 0 Å². The summed E-state index contributed by atoms with van der Waals surface area (Å²) in [4.78, 5) is 4.88. The minimum Gasteiger partial charge on any atom is -0.455 e. The third-order valence-corrected chi connectivity index (χ3v) is 14.0. The topological polar surface area (TPSA) is 32.8 Å². The Balaban J connectivity index is 0.986. The van der Waals surface area contributed by atoms with Gasteiger partial charge in [-0.25, -0.2) is 0 Å². The summed E-state index contributed by atoms with van der Waals surface area (Å²) in [6.45, 7) is 0. The van der Waals surface area contributed by atoms with Crippen molar-refractivity contribution in [2.75, 3.05) is 9.80 Å². The summed E-state index contributed by atoms with van der Waals surface area (Å²) in [6, 6.07) is 91.3. The van der Waals surface area contributed by atoms with Gasteiger partial charge in [-0.2, -0.15) is 0 Å². The zero-order chi connectivity index (χ0) is 46.1. The molecule has 0 saturated heterocycles. The Bertz CT molecular complexity index is 4010. The van der Waals surface area contributed by atoms with Crippen molar-refractivity contribution in [2.24, 2.45) is 0 Å². The third kappa shape index (κ3) is 6.38. The monoisotopic (exact) mass is 894 g/mol. The third-order valence-electron chi connectivity index (χ3n) is 14.0. The number of para-hydroxylation sites is 6. The van der Waals surface area contributed by atoms with Gasteiger partial charge in [0.15, 0.2) is 0 Å². The van der Waals surface area contributed by atoms with Crippen LogP contribution in [0.2, 0.25) is 0 Å². The first-order valence-electron chi connectivity index (χ1n) is 23.8. The molecule has 0 aliphatic rings. The number of benzene rings is 12. The number of hydrogen-bond acceptors (Lipinski definition) is 4. The fourth-order valence-corrected chi connectivity index (χ4v) is 10.8. The first kappa shape index (κ1) is 39.8. The minimum absolute atomic E-state index is 0.895. The van der Waals surface area contributed by atoms with E-state index in [-0.39, 0.29) is 0 Å². The van der Waals surface area contributed by atoms with Gasteiger partial charge in [-0.1, -0.05) is 182 Å². The number of rotatable bonds is 8. The highest BCUT2D eigenvalue weighted by molar-refractivity contribution is 6.24. The molecule has 0 atom stereocenters. The molecular weight excluding hydrogens is 853 g/mol. The first-order chi connectivity index (χ1) is 34.7. The number of anilines is 6. The summed E-state index contributed by atoms with van der Waals surface area (Å²) in [6.07, 6.45) is 0. The molecule has 12 aromatic carbocycles. The van der Waals surface area contributed by atoms with Crippen molar-refractivity contribution in [1.29, 1.82) is 0 Å². The molecule has 0 amide bonds. The molecule has 14 aromatic rings. The van der Waals surface area contributed by atoms with Crippen molar-refractivity contribution in [3.8, 4) is 22.3 Å². The van der Waals surface area contributed by atoms with Crippen LogP contribution < -0.4 is 9.80 Å². The lowest BCUT2D eigenvalue weighted by Gasteiger charge is -2.32. The fourth-order valence-electron chi connectivity index (χ4n) is 10.8. The lowest BCUT2D eigenvalue weighted by atomic mass is 9.93. The maximum atomic E-state index is 6.51. The largest absolute Gasteiger partial charge is 0.455 e. The Kier molecular flexibility index (Phi) is 9.17. The summed E-state index contributed by atoms with van der Waals surface area (Å²) in [7, 11) is 0. The first-order valence-corrected chi connectivity index (χ1v) is 23.8. The van der Waals surface area contributed by atoms with Crippen LogP contribution in [0.5, 0.6) is 0 Å². The van der Waals surface area contributed by atoms with E-state index in [4.69, 9.17) is 8.83 Å². The maximum absolute atomic E-state index is 6.51. The van der Waals surface area contributed by atoms with E-state index in [2.05, 4.69) is 240 Å². The molecule has 0 radical (unpaired) electrons. The zero-order valence-corrected chi connectivity index (χ0v) is 38.0. The van der Waals surface area contributed by atoms with Gasteiger partial charge in [0.05, 0.1) is 11.4 Å². The van der Waals surface area contributed by atoms with Gasteiger partial charge >= 0.3 is 0 Å². The standard InChI is InChI=1S/C66H42N2O2/c1-3-19-47(20-4-1)67(49-37-33-43(34-38-49)53-27-15-29-57-55-25-11-13-31-61(55)69-65(53)57)63-51-23-9-7-17-45(51)42-60-59(63)41-46-18-8-10-24-52(46)64(60)68(48-21-5-2-6-22-48)50-39-35-44(36-40-50)54-28-16-30-58-56-26-12-14-32-62(56)70-66(54)58/h1-42H. The van der Waals surface area contributed by atoms with E-state index in [0.717, 1.165) is 133 Å². The summed E-state index contributed by atoms with van der Waals surface area (Å²) < 4.78 is 13.0. The van der Waals surface area contributed by atoms with Crippen molar-refractivity contribution in [2.45, 2.75) is 0 Å². The van der Waals surface area contributed by atoms with Crippen molar-refractivity contribution in [3.63, 3.8) is 0 Å². The van der Waals surface area contributed by atoms with Crippen LogP contribution in [0.15, 0.2) is 264 Å². The predicted molar refractivity (Wildman–Crippen MR) is 294 cm³/mol. The Morgan fingerprint density at radius 1 is 0.243 bits per heavy atom. The predicted octanol–water partition coefficient (Wildman–Crippen LogP) is 19.2. The van der Waals surface area contributed by atoms with Crippen LogP contribution in [0.3, 0.4) is 0 Å². The van der Waals surface area contributed by atoms with E-state index >= 15 is 0 Å². The number of hydrogen-bond donors (Lipinski definition) is 0. The lowest BCUT2D eigenvalue weighted by Crippen LogP contribution is -2.13. The van der Waals surface area contributed by atoms with Crippen LogP contribution in [0, 0.1) is 0 Å². The van der Waals surface area contributed by atoms with Crippen LogP contribution >= 0.6 is 0 Å². The molecule has 0 aliphatic carbocycles. The number of nitrogens with zero attached hydrogens (tertiary/aromatic N) is 2. The van der Waals surface area contributed by atoms with Gasteiger partial charge in [-0.05, 0) is 94.7 Å². The molecular formula is C66H42N2O2. The molecule has 4 heteroatoms. The molecule has 4 nitrogen and oxygen atoms in total. The van der Waals surface area contributed by atoms with Gasteiger partial charge < -0.3 is 18.6 Å². The van der Waals surface area contributed by atoms with Gasteiger partial charge in [0.2, 0.25) is 0 Å². The molecule has 0 saturated carbocycles. The molecule has 2 heterocycles.